The van der Waals surface area contributed by atoms with Gasteiger partial charge in [0.15, 0.2) is 5.82 Å². The minimum Gasteiger partial charge on any atom is -0.506 e. The molecule has 138 valence electrons. The zero-order chi connectivity index (χ0) is 18.6. The monoisotopic (exact) mass is 384 g/mol. The van der Waals surface area contributed by atoms with E-state index in [1.807, 2.05) is 0 Å². The highest BCUT2D eigenvalue weighted by Gasteiger charge is 2.38. The lowest BCUT2D eigenvalue weighted by Gasteiger charge is -2.18. The quantitative estimate of drug-likeness (QED) is 0.822. The zero-order valence-electron chi connectivity index (χ0n) is 13.3. The maximum absolute atomic E-state index is 15.0. The molecule has 0 radical (unpaired) electrons. The van der Waals surface area contributed by atoms with Crippen LogP contribution in [-0.2, 0) is 21.5 Å². The summed E-state index contributed by atoms with van der Waals surface area (Å²) in [7, 11) is -4.33. The van der Waals surface area contributed by atoms with Gasteiger partial charge in [0.25, 0.3) is 5.91 Å². The van der Waals surface area contributed by atoms with Crippen LogP contribution >= 0.6 is 0 Å². The average Bonchev–Trinajstić information content (AvgIpc) is 3.21. The smallest absolute Gasteiger partial charge is 0.326 e. The van der Waals surface area contributed by atoms with Crippen LogP contribution < -0.4 is 9.03 Å². The molecule has 2 aliphatic rings. The Bertz CT molecular complexity index is 1020. The van der Waals surface area contributed by atoms with Gasteiger partial charge in [-0.25, -0.2) is 13.4 Å². The summed E-state index contributed by atoms with van der Waals surface area (Å²) in [5, 5.41) is 13.7. The number of rotatable bonds is 4. The molecule has 1 aromatic heterocycles. The van der Waals surface area contributed by atoms with Gasteiger partial charge in [-0.1, -0.05) is 0 Å². The van der Waals surface area contributed by atoms with Crippen LogP contribution in [0.5, 0.6) is 5.75 Å². The van der Waals surface area contributed by atoms with Crippen molar-refractivity contribution in [1.82, 2.24) is 14.5 Å². The number of halogens is 2. The Balaban J connectivity index is 1.80. The molecule has 0 spiro atoms. The van der Waals surface area contributed by atoms with Gasteiger partial charge >= 0.3 is 10.2 Å². The fraction of sp³-hybridized carbons (Fsp3) is 0.333. The Hall–Kier alpha value is -2.69. The topological polar surface area (TPSA) is 105 Å². The van der Waals surface area contributed by atoms with Crippen molar-refractivity contribution in [3.8, 4) is 16.9 Å². The number of hydrogen-bond acceptors (Lipinski definition) is 5. The molecule has 1 saturated heterocycles. The molecule has 2 N–H and O–H groups in total. The number of amides is 1. The Kier molecular flexibility index (Phi) is 3.65. The van der Waals surface area contributed by atoms with E-state index in [-0.39, 0.29) is 11.1 Å². The number of nitrogens with one attached hydrogen (secondary N) is 1. The maximum Gasteiger partial charge on any atom is 0.326 e. The van der Waals surface area contributed by atoms with Crippen LogP contribution in [0.1, 0.15) is 12.8 Å². The number of phenolic OH excluding ortho intramolecular Hbond substituents is 1. The van der Waals surface area contributed by atoms with Crippen molar-refractivity contribution < 1.29 is 27.1 Å². The highest BCUT2D eigenvalue weighted by atomic mass is 32.2. The summed E-state index contributed by atoms with van der Waals surface area (Å²) in [5.74, 6) is -3.18. The number of anilines is 1. The van der Waals surface area contributed by atoms with Crippen LogP contribution in [0.2, 0.25) is 0 Å². The number of benzene rings is 1. The molecule has 1 aromatic carbocycles. The predicted octanol–water partition coefficient (Wildman–Crippen LogP) is 1.12. The molecule has 1 amide bonds. The number of carbonyl (C=O) groups excluding carboxylic acids is 1. The van der Waals surface area contributed by atoms with E-state index in [2.05, 4.69) is 5.10 Å². The zero-order valence-corrected chi connectivity index (χ0v) is 14.1. The molecule has 0 atom stereocenters. The number of aromatic nitrogens is 2. The Morgan fingerprint density at radius 3 is 2.62 bits per heavy atom. The minimum atomic E-state index is -4.33. The molecule has 1 saturated carbocycles. The van der Waals surface area contributed by atoms with Gasteiger partial charge in [-0.05, 0) is 30.9 Å². The highest BCUT2D eigenvalue weighted by Crippen LogP contribution is 2.39. The minimum absolute atomic E-state index is 0.153. The van der Waals surface area contributed by atoms with E-state index in [0.29, 0.717) is 16.8 Å². The standard InChI is InChI=1S/C15H14F2N4O4S/c16-13-9(10-6-20(18-15(10)17)5-8-1-2-8)3-4-11(22)14(13)21-7-12(23)19-26(21,24)25/h3-4,6,8,22H,1-2,5,7H2,(H,19,23). The van der Waals surface area contributed by atoms with Gasteiger partial charge in [0, 0.05) is 18.3 Å². The van der Waals surface area contributed by atoms with Gasteiger partial charge in [-0.15, -0.1) is 5.10 Å². The fourth-order valence-electron chi connectivity index (χ4n) is 2.88. The van der Waals surface area contributed by atoms with Crippen molar-refractivity contribution >= 4 is 21.8 Å². The normalized spacial score (nSPS) is 19.0. The summed E-state index contributed by atoms with van der Waals surface area (Å²) >= 11 is 0. The Labute approximate surface area is 147 Å². The van der Waals surface area contributed by atoms with Crippen LogP contribution in [0.4, 0.5) is 14.5 Å². The van der Waals surface area contributed by atoms with E-state index in [1.165, 1.54) is 10.9 Å². The molecule has 0 bridgehead atoms. The first-order chi connectivity index (χ1) is 12.3. The first-order valence-corrected chi connectivity index (χ1v) is 9.28. The van der Waals surface area contributed by atoms with Crippen molar-refractivity contribution in [3.63, 3.8) is 0 Å². The molecular weight excluding hydrogens is 370 g/mol. The summed E-state index contributed by atoms with van der Waals surface area (Å²) in [6.07, 6.45) is 3.40. The molecule has 8 nitrogen and oxygen atoms in total. The maximum atomic E-state index is 15.0. The van der Waals surface area contributed by atoms with Gasteiger partial charge < -0.3 is 5.11 Å². The van der Waals surface area contributed by atoms with E-state index >= 15 is 0 Å². The van der Waals surface area contributed by atoms with Gasteiger partial charge in [-0.2, -0.15) is 12.8 Å². The number of hydrogen-bond donors (Lipinski definition) is 2. The first kappa shape index (κ1) is 16.8. The average molecular weight is 384 g/mol. The Morgan fingerprint density at radius 1 is 1.27 bits per heavy atom. The fourth-order valence-corrected chi connectivity index (χ4v) is 4.05. The summed E-state index contributed by atoms with van der Waals surface area (Å²) in [5.41, 5.74) is -1.12. The van der Waals surface area contributed by atoms with Crippen LogP contribution in [-0.4, -0.2) is 35.8 Å². The molecule has 1 aliphatic carbocycles. The third kappa shape index (κ3) is 2.77. The molecule has 26 heavy (non-hydrogen) atoms. The third-order valence-corrected chi connectivity index (χ3v) is 5.69. The van der Waals surface area contributed by atoms with Crippen molar-refractivity contribution in [2.24, 2.45) is 5.92 Å². The largest absolute Gasteiger partial charge is 0.506 e. The number of carbonyl (C=O) groups is 1. The lowest BCUT2D eigenvalue weighted by atomic mass is 10.1. The molecule has 4 rings (SSSR count). The second kappa shape index (κ2) is 5.66. The predicted molar refractivity (Wildman–Crippen MR) is 86.4 cm³/mol. The molecule has 2 aromatic rings. The second-order valence-electron chi connectivity index (χ2n) is 6.33. The molecule has 11 heteroatoms. The van der Waals surface area contributed by atoms with E-state index in [0.717, 1.165) is 25.0 Å². The first-order valence-electron chi connectivity index (χ1n) is 7.84. The van der Waals surface area contributed by atoms with E-state index < -0.39 is 45.9 Å². The summed E-state index contributed by atoms with van der Waals surface area (Å²) in [6, 6.07) is 2.18. The van der Waals surface area contributed by atoms with Crippen molar-refractivity contribution in [2.45, 2.75) is 19.4 Å². The Morgan fingerprint density at radius 2 is 2.00 bits per heavy atom. The lowest BCUT2D eigenvalue weighted by Crippen LogP contribution is -2.30. The number of nitrogens with zero attached hydrogens (tertiary/aromatic N) is 3. The summed E-state index contributed by atoms with van der Waals surface area (Å²) in [6.45, 7) is -0.165. The van der Waals surface area contributed by atoms with Crippen molar-refractivity contribution in [2.75, 3.05) is 10.8 Å². The van der Waals surface area contributed by atoms with Crippen molar-refractivity contribution in [1.29, 1.82) is 0 Å². The van der Waals surface area contributed by atoms with E-state index in [1.54, 1.807) is 4.72 Å². The van der Waals surface area contributed by atoms with Gasteiger partial charge in [0.2, 0.25) is 5.95 Å². The van der Waals surface area contributed by atoms with Crippen LogP contribution in [0.25, 0.3) is 11.1 Å². The van der Waals surface area contributed by atoms with Gasteiger partial charge in [0.05, 0.1) is 5.56 Å². The molecule has 2 heterocycles. The molecule has 2 fully saturated rings. The van der Waals surface area contributed by atoms with E-state index in [9.17, 15) is 27.1 Å². The molecule has 1 aliphatic heterocycles. The van der Waals surface area contributed by atoms with Gasteiger partial charge in [-0.3, -0.25) is 9.48 Å². The number of phenols is 1. The van der Waals surface area contributed by atoms with Crippen molar-refractivity contribution in [3.05, 3.63) is 30.1 Å². The van der Waals surface area contributed by atoms with Gasteiger partial charge in [0.1, 0.15) is 18.0 Å². The SMILES string of the molecule is O=C1CN(c2c(O)ccc(-c3cn(CC4CC4)nc3F)c2F)S(=O)(=O)N1. The van der Waals surface area contributed by atoms with E-state index in [4.69, 9.17) is 0 Å². The lowest BCUT2D eigenvalue weighted by molar-refractivity contribution is -0.117. The molecule has 0 unspecified atom stereocenters. The summed E-state index contributed by atoms with van der Waals surface area (Å²) < 4.78 is 56.6. The van der Waals surface area contributed by atoms with Crippen LogP contribution in [0.3, 0.4) is 0 Å². The third-order valence-electron chi connectivity index (χ3n) is 4.31. The van der Waals surface area contributed by atoms with Crippen LogP contribution in [0, 0.1) is 17.7 Å². The second-order valence-corrected chi connectivity index (χ2v) is 7.93. The number of aromatic hydroxyl groups is 1. The highest BCUT2D eigenvalue weighted by molar-refractivity contribution is 7.92. The van der Waals surface area contributed by atoms with Crippen LogP contribution in [0.15, 0.2) is 18.3 Å². The molecular formula is C15H14F2N4O4S. The summed E-state index contributed by atoms with van der Waals surface area (Å²) in [4.78, 5) is 11.4.